The number of nitrogens with two attached hydrogens (primary N) is 1. The summed E-state index contributed by atoms with van der Waals surface area (Å²) >= 11 is 0. The zero-order valence-corrected chi connectivity index (χ0v) is 12.6. The standard InChI is InChI=1S/C14H31N3O/c1-5-7-9-17(10-8-6-2)13(12-15)11-14(18)16(3)4/h13H,5-12,15H2,1-4H3. The SMILES string of the molecule is CCCCN(CCCC)C(CN)CC(=O)N(C)C. The molecular weight excluding hydrogens is 226 g/mol. The lowest BCUT2D eigenvalue weighted by Crippen LogP contribution is -2.44. The Labute approximate surface area is 113 Å². The van der Waals surface area contributed by atoms with E-state index in [9.17, 15) is 4.79 Å². The second-order valence-corrected chi connectivity index (χ2v) is 5.12. The van der Waals surface area contributed by atoms with E-state index in [1.165, 1.54) is 25.7 Å². The maximum atomic E-state index is 11.8. The molecule has 0 aliphatic rings. The molecule has 0 fully saturated rings. The van der Waals surface area contributed by atoms with E-state index in [1.54, 1.807) is 19.0 Å². The van der Waals surface area contributed by atoms with Crippen LogP contribution in [0.3, 0.4) is 0 Å². The number of amides is 1. The Morgan fingerprint density at radius 1 is 1.11 bits per heavy atom. The van der Waals surface area contributed by atoms with Gasteiger partial charge in [0.25, 0.3) is 0 Å². The van der Waals surface area contributed by atoms with Gasteiger partial charge >= 0.3 is 0 Å². The van der Waals surface area contributed by atoms with Crippen LogP contribution in [0.5, 0.6) is 0 Å². The summed E-state index contributed by atoms with van der Waals surface area (Å²) in [6.45, 7) is 7.06. The van der Waals surface area contributed by atoms with E-state index in [-0.39, 0.29) is 11.9 Å². The number of unbranched alkanes of at least 4 members (excludes halogenated alkanes) is 2. The van der Waals surface area contributed by atoms with Crippen molar-refractivity contribution in [1.29, 1.82) is 0 Å². The van der Waals surface area contributed by atoms with Crippen LogP contribution < -0.4 is 5.73 Å². The predicted molar refractivity (Wildman–Crippen MR) is 77.5 cm³/mol. The smallest absolute Gasteiger partial charge is 0.223 e. The van der Waals surface area contributed by atoms with Gasteiger partial charge in [-0.2, -0.15) is 0 Å². The first kappa shape index (κ1) is 17.4. The Hall–Kier alpha value is -0.610. The van der Waals surface area contributed by atoms with Gasteiger partial charge in [0.2, 0.25) is 5.91 Å². The fraction of sp³-hybridized carbons (Fsp3) is 0.929. The van der Waals surface area contributed by atoms with Crippen LogP contribution in [-0.2, 0) is 4.79 Å². The summed E-state index contributed by atoms with van der Waals surface area (Å²) in [4.78, 5) is 15.9. The lowest BCUT2D eigenvalue weighted by Gasteiger charge is -2.31. The van der Waals surface area contributed by atoms with Crippen molar-refractivity contribution in [2.45, 2.75) is 52.0 Å². The molecule has 0 saturated carbocycles. The highest BCUT2D eigenvalue weighted by molar-refractivity contribution is 5.76. The summed E-state index contributed by atoms with van der Waals surface area (Å²) in [5.41, 5.74) is 5.85. The van der Waals surface area contributed by atoms with Crippen molar-refractivity contribution in [2.24, 2.45) is 5.73 Å². The van der Waals surface area contributed by atoms with Crippen LogP contribution in [0, 0.1) is 0 Å². The maximum absolute atomic E-state index is 11.8. The van der Waals surface area contributed by atoms with E-state index in [1.807, 2.05) is 0 Å². The average Bonchev–Trinajstić information content (AvgIpc) is 2.36. The van der Waals surface area contributed by atoms with E-state index in [2.05, 4.69) is 18.7 Å². The third kappa shape index (κ3) is 6.97. The summed E-state index contributed by atoms with van der Waals surface area (Å²) in [5.74, 6) is 0.170. The summed E-state index contributed by atoms with van der Waals surface area (Å²) in [6.07, 6.45) is 5.26. The molecule has 4 nitrogen and oxygen atoms in total. The summed E-state index contributed by atoms with van der Waals surface area (Å²) in [6, 6.07) is 0.193. The van der Waals surface area contributed by atoms with Crippen molar-refractivity contribution in [3.63, 3.8) is 0 Å². The van der Waals surface area contributed by atoms with Gasteiger partial charge in [-0.15, -0.1) is 0 Å². The molecule has 0 radical (unpaired) electrons. The molecule has 2 N–H and O–H groups in total. The van der Waals surface area contributed by atoms with Gasteiger partial charge in [-0.25, -0.2) is 0 Å². The number of nitrogens with zero attached hydrogens (tertiary/aromatic N) is 2. The molecule has 0 spiro atoms. The number of carbonyl (C=O) groups is 1. The molecule has 4 heteroatoms. The average molecular weight is 257 g/mol. The Morgan fingerprint density at radius 3 is 1.94 bits per heavy atom. The lowest BCUT2D eigenvalue weighted by molar-refractivity contribution is -0.130. The molecular formula is C14H31N3O. The van der Waals surface area contributed by atoms with Gasteiger partial charge in [0.1, 0.15) is 0 Å². The molecule has 1 atom stereocenters. The van der Waals surface area contributed by atoms with Gasteiger partial charge in [-0.3, -0.25) is 9.69 Å². The van der Waals surface area contributed by atoms with Gasteiger partial charge < -0.3 is 10.6 Å². The zero-order valence-electron chi connectivity index (χ0n) is 12.6. The molecule has 0 aromatic rings. The van der Waals surface area contributed by atoms with Crippen molar-refractivity contribution in [3.05, 3.63) is 0 Å². The van der Waals surface area contributed by atoms with Crippen LogP contribution in [0.25, 0.3) is 0 Å². The fourth-order valence-corrected chi connectivity index (χ4v) is 1.95. The minimum Gasteiger partial charge on any atom is -0.349 e. The van der Waals surface area contributed by atoms with E-state index >= 15 is 0 Å². The quantitative estimate of drug-likeness (QED) is 0.648. The second-order valence-electron chi connectivity index (χ2n) is 5.12. The minimum atomic E-state index is 0.170. The number of rotatable bonds is 10. The molecule has 0 rings (SSSR count). The van der Waals surface area contributed by atoms with Crippen molar-refractivity contribution >= 4 is 5.91 Å². The molecule has 1 amide bonds. The summed E-state index contributed by atoms with van der Waals surface area (Å²) in [5, 5.41) is 0. The fourth-order valence-electron chi connectivity index (χ4n) is 1.95. The first-order valence-electron chi connectivity index (χ1n) is 7.21. The van der Waals surface area contributed by atoms with Gasteiger partial charge in [-0.1, -0.05) is 26.7 Å². The van der Waals surface area contributed by atoms with Crippen molar-refractivity contribution < 1.29 is 4.79 Å². The first-order valence-corrected chi connectivity index (χ1v) is 7.21. The molecule has 108 valence electrons. The highest BCUT2D eigenvalue weighted by Crippen LogP contribution is 2.09. The molecule has 0 aromatic heterocycles. The second kappa shape index (κ2) is 10.3. The third-order valence-corrected chi connectivity index (χ3v) is 3.30. The van der Waals surface area contributed by atoms with Gasteiger partial charge in [0, 0.05) is 33.1 Å². The van der Waals surface area contributed by atoms with Crippen LogP contribution in [-0.4, -0.2) is 55.5 Å². The largest absolute Gasteiger partial charge is 0.349 e. The van der Waals surface area contributed by atoms with Crippen LogP contribution in [0.1, 0.15) is 46.0 Å². The Kier molecular flexibility index (Phi) is 9.98. The Bertz CT molecular complexity index is 211. The Morgan fingerprint density at radius 2 is 1.61 bits per heavy atom. The lowest BCUT2D eigenvalue weighted by atomic mass is 10.1. The van der Waals surface area contributed by atoms with Crippen molar-refractivity contribution in [3.8, 4) is 0 Å². The predicted octanol–water partition coefficient (Wildman–Crippen LogP) is 1.69. The summed E-state index contributed by atoms with van der Waals surface area (Å²) in [7, 11) is 3.61. The molecule has 18 heavy (non-hydrogen) atoms. The topological polar surface area (TPSA) is 49.6 Å². The molecule has 0 saturated heterocycles. The van der Waals surface area contributed by atoms with E-state index in [0.29, 0.717) is 13.0 Å². The number of carbonyl (C=O) groups excluding carboxylic acids is 1. The van der Waals surface area contributed by atoms with Crippen LogP contribution in [0.2, 0.25) is 0 Å². The van der Waals surface area contributed by atoms with Gasteiger partial charge in [0.05, 0.1) is 0 Å². The van der Waals surface area contributed by atoms with Gasteiger partial charge in [0.15, 0.2) is 0 Å². The first-order chi connectivity index (χ1) is 8.56. The van der Waals surface area contributed by atoms with Gasteiger partial charge in [-0.05, 0) is 25.9 Å². The zero-order chi connectivity index (χ0) is 14.0. The molecule has 0 aliphatic heterocycles. The van der Waals surface area contributed by atoms with E-state index in [0.717, 1.165) is 13.1 Å². The molecule has 0 aromatic carbocycles. The minimum absolute atomic E-state index is 0.170. The van der Waals surface area contributed by atoms with E-state index < -0.39 is 0 Å². The monoisotopic (exact) mass is 257 g/mol. The molecule has 0 bridgehead atoms. The molecule has 0 aliphatic carbocycles. The van der Waals surface area contributed by atoms with Crippen LogP contribution >= 0.6 is 0 Å². The highest BCUT2D eigenvalue weighted by atomic mass is 16.2. The van der Waals surface area contributed by atoms with Crippen LogP contribution in [0.15, 0.2) is 0 Å². The maximum Gasteiger partial charge on any atom is 0.223 e. The number of hydrogen-bond acceptors (Lipinski definition) is 3. The summed E-state index contributed by atoms with van der Waals surface area (Å²) < 4.78 is 0. The van der Waals surface area contributed by atoms with E-state index in [4.69, 9.17) is 5.73 Å². The Balaban J connectivity index is 4.42. The molecule has 1 unspecified atom stereocenters. The van der Waals surface area contributed by atoms with Crippen molar-refractivity contribution in [2.75, 3.05) is 33.7 Å². The highest BCUT2D eigenvalue weighted by Gasteiger charge is 2.20. The van der Waals surface area contributed by atoms with Crippen LogP contribution in [0.4, 0.5) is 0 Å². The molecule has 0 heterocycles. The normalized spacial score (nSPS) is 12.8. The van der Waals surface area contributed by atoms with Crippen molar-refractivity contribution in [1.82, 2.24) is 9.80 Å². The number of hydrogen-bond donors (Lipinski definition) is 1. The third-order valence-electron chi connectivity index (χ3n) is 3.30.